The summed E-state index contributed by atoms with van der Waals surface area (Å²) in [4.78, 5) is 0. The molecule has 0 aromatic heterocycles. The lowest BCUT2D eigenvalue weighted by Gasteiger charge is -2.18. The molecule has 1 aromatic rings. The highest BCUT2D eigenvalue weighted by atomic mass is 32.2. The van der Waals surface area contributed by atoms with E-state index < -0.39 is 15.9 Å². The maximum atomic E-state index is 12.3. The van der Waals surface area contributed by atoms with Crippen LogP contribution in [0.2, 0.25) is 0 Å². The van der Waals surface area contributed by atoms with Crippen molar-refractivity contribution in [3.05, 3.63) is 34.9 Å². The van der Waals surface area contributed by atoms with Gasteiger partial charge in [-0.25, -0.2) is 8.42 Å². The number of hydrogen-bond acceptors (Lipinski definition) is 3. The third kappa shape index (κ3) is 3.37. The van der Waals surface area contributed by atoms with Gasteiger partial charge in [-0.2, -0.15) is 0 Å². The fraction of sp³-hybridized carbons (Fsp3) is 0.600. The largest absolute Gasteiger partial charge is 0.323 e. The Kier molecular flexibility index (Phi) is 4.31. The van der Waals surface area contributed by atoms with Crippen molar-refractivity contribution in [1.29, 1.82) is 0 Å². The Morgan fingerprint density at radius 2 is 1.89 bits per heavy atom. The Labute approximate surface area is 116 Å². The zero-order valence-corrected chi connectivity index (χ0v) is 12.5. The van der Waals surface area contributed by atoms with E-state index in [1.807, 2.05) is 32.0 Å². The summed E-state index contributed by atoms with van der Waals surface area (Å²) >= 11 is 0. The van der Waals surface area contributed by atoms with Gasteiger partial charge in [0.25, 0.3) is 0 Å². The molecule has 0 heterocycles. The van der Waals surface area contributed by atoms with Gasteiger partial charge >= 0.3 is 0 Å². The van der Waals surface area contributed by atoms with Gasteiger partial charge < -0.3 is 5.73 Å². The zero-order valence-electron chi connectivity index (χ0n) is 11.7. The molecule has 2 rings (SSSR count). The molecule has 1 fully saturated rings. The van der Waals surface area contributed by atoms with Gasteiger partial charge in [0.15, 0.2) is 9.84 Å². The molecule has 1 aliphatic rings. The lowest BCUT2D eigenvalue weighted by molar-refractivity contribution is 0.572. The minimum absolute atomic E-state index is 0.0714. The molecule has 1 aromatic carbocycles. The first-order valence-electron chi connectivity index (χ1n) is 6.94. The predicted molar refractivity (Wildman–Crippen MR) is 78.9 cm³/mol. The maximum absolute atomic E-state index is 12.3. The predicted octanol–water partition coefficient (Wildman–Crippen LogP) is 2.66. The number of nitrogens with two attached hydrogens (primary N) is 1. The van der Waals surface area contributed by atoms with E-state index in [9.17, 15) is 8.42 Å². The maximum Gasteiger partial charge on any atom is 0.155 e. The summed E-state index contributed by atoms with van der Waals surface area (Å²) < 4.78 is 24.7. The molecule has 1 aliphatic carbocycles. The average Bonchev–Trinajstić information content (AvgIpc) is 2.86. The molecule has 1 saturated carbocycles. The van der Waals surface area contributed by atoms with Gasteiger partial charge in [0, 0.05) is 6.04 Å². The lowest BCUT2D eigenvalue weighted by Crippen LogP contribution is -2.29. The monoisotopic (exact) mass is 281 g/mol. The van der Waals surface area contributed by atoms with Gasteiger partial charge in [0.05, 0.1) is 11.0 Å². The van der Waals surface area contributed by atoms with Crippen LogP contribution in [0.15, 0.2) is 18.2 Å². The zero-order chi connectivity index (χ0) is 14.0. The molecule has 0 saturated heterocycles. The van der Waals surface area contributed by atoms with Crippen molar-refractivity contribution in [2.45, 2.75) is 50.8 Å². The Morgan fingerprint density at radius 1 is 1.26 bits per heavy atom. The average molecular weight is 281 g/mol. The second kappa shape index (κ2) is 5.63. The van der Waals surface area contributed by atoms with Crippen LogP contribution in [0.3, 0.4) is 0 Å². The quantitative estimate of drug-likeness (QED) is 0.923. The van der Waals surface area contributed by atoms with Crippen LogP contribution in [0.4, 0.5) is 0 Å². The highest BCUT2D eigenvalue weighted by molar-refractivity contribution is 7.92. The normalized spacial score (nSPS) is 18.7. The Morgan fingerprint density at radius 3 is 2.53 bits per heavy atom. The molecule has 1 unspecified atom stereocenters. The standard InChI is InChI=1S/C15H23NO2S/c1-11-7-8-12(2)14(9-11)15(16)10-19(17,18)13-5-3-4-6-13/h7-9,13,15H,3-6,10,16H2,1-2H3. The Hall–Kier alpha value is -0.870. The molecule has 0 aliphatic heterocycles. The van der Waals surface area contributed by atoms with E-state index in [1.165, 1.54) is 0 Å². The molecule has 0 spiro atoms. The van der Waals surface area contributed by atoms with E-state index >= 15 is 0 Å². The Bertz CT molecular complexity index is 545. The summed E-state index contributed by atoms with van der Waals surface area (Å²) in [5.41, 5.74) is 9.29. The number of sulfone groups is 1. The first kappa shape index (κ1) is 14.5. The van der Waals surface area contributed by atoms with Crippen LogP contribution in [0.5, 0.6) is 0 Å². The molecular formula is C15H23NO2S. The summed E-state index contributed by atoms with van der Waals surface area (Å²) in [6.45, 7) is 3.98. The molecule has 2 N–H and O–H groups in total. The minimum Gasteiger partial charge on any atom is -0.323 e. The third-order valence-corrected chi connectivity index (χ3v) is 6.37. The van der Waals surface area contributed by atoms with E-state index in [0.29, 0.717) is 0 Å². The number of hydrogen-bond donors (Lipinski definition) is 1. The summed E-state index contributed by atoms with van der Waals surface area (Å²) in [5, 5.41) is -0.163. The fourth-order valence-electron chi connectivity index (χ4n) is 2.88. The lowest BCUT2D eigenvalue weighted by atomic mass is 10.0. The molecule has 4 heteroatoms. The van der Waals surface area contributed by atoms with Crippen LogP contribution in [0.25, 0.3) is 0 Å². The summed E-state index contributed by atoms with van der Waals surface area (Å²) in [5.74, 6) is 0.0714. The van der Waals surface area contributed by atoms with Crippen LogP contribution in [0, 0.1) is 13.8 Å². The summed E-state index contributed by atoms with van der Waals surface area (Å²) in [6, 6.07) is 5.62. The van der Waals surface area contributed by atoms with E-state index in [0.717, 1.165) is 42.4 Å². The molecule has 1 atom stereocenters. The molecule has 3 nitrogen and oxygen atoms in total. The fourth-order valence-corrected chi connectivity index (χ4v) is 4.89. The van der Waals surface area contributed by atoms with E-state index in [4.69, 9.17) is 5.73 Å². The van der Waals surface area contributed by atoms with Crippen LogP contribution in [-0.4, -0.2) is 19.4 Å². The summed E-state index contributed by atoms with van der Waals surface area (Å²) in [7, 11) is -3.06. The van der Waals surface area contributed by atoms with Crippen molar-refractivity contribution in [3.8, 4) is 0 Å². The van der Waals surface area contributed by atoms with Gasteiger partial charge in [-0.1, -0.05) is 36.6 Å². The summed E-state index contributed by atoms with van der Waals surface area (Å²) in [6.07, 6.45) is 3.68. The highest BCUT2D eigenvalue weighted by Gasteiger charge is 2.30. The molecule has 106 valence electrons. The van der Waals surface area contributed by atoms with Crippen LogP contribution in [-0.2, 0) is 9.84 Å². The van der Waals surface area contributed by atoms with Crippen molar-refractivity contribution < 1.29 is 8.42 Å². The van der Waals surface area contributed by atoms with Crippen LogP contribution in [0.1, 0.15) is 48.4 Å². The first-order chi connectivity index (χ1) is 8.90. The Balaban J connectivity index is 2.16. The van der Waals surface area contributed by atoms with Gasteiger partial charge in [-0.3, -0.25) is 0 Å². The number of aryl methyl sites for hydroxylation is 2. The van der Waals surface area contributed by atoms with Crippen molar-refractivity contribution in [3.63, 3.8) is 0 Å². The van der Waals surface area contributed by atoms with Crippen LogP contribution < -0.4 is 5.73 Å². The van der Waals surface area contributed by atoms with Crippen LogP contribution >= 0.6 is 0 Å². The smallest absolute Gasteiger partial charge is 0.155 e. The SMILES string of the molecule is Cc1ccc(C)c(C(N)CS(=O)(=O)C2CCCC2)c1. The molecule has 0 bridgehead atoms. The minimum atomic E-state index is -3.06. The van der Waals surface area contributed by atoms with Crippen molar-refractivity contribution in [2.75, 3.05) is 5.75 Å². The van der Waals surface area contributed by atoms with E-state index in [2.05, 4.69) is 0 Å². The van der Waals surface area contributed by atoms with E-state index in [1.54, 1.807) is 0 Å². The van der Waals surface area contributed by atoms with Gasteiger partial charge in [-0.15, -0.1) is 0 Å². The topological polar surface area (TPSA) is 60.2 Å². The number of rotatable bonds is 4. The van der Waals surface area contributed by atoms with Gasteiger partial charge in [0.1, 0.15) is 0 Å². The third-order valence-electron chi connectivity index (χ3n) is 4.06. The number of benzene rings is 1. The highest BCUT2D eigenvalue weighted by Crippen LogP contribution is 2.28. The molecule has 19 heavy (non-hydrogen) atoms. The molecule has 0 radical (unpaired) electrons. The van der Waals surface area contributed by atoms with Gasteiger partial charge in [0.2, 0.25) is 0 Å². The second-order valence-corrected chi connectivity index (χ2v) is 8.03. The van der Waals surface area contributed by atoms with Gasteiger partial charge in [-0.05, 0) is 37.8 Å². The first-order valence-corrected chi connectivity index (χ1v) is 8.66. The second-order valence-electron chi connectivity index (χ2n) is 5.70. The molecule has 0 amide bonds. The van der Waals surface area contributed by atoms with Crippen molar-refractivity contribution in [1.82, 2.24) is 0 Å². The van der Waals surface area contributed by atoms with E-state index in [-0.39, 0.29) is 11.0 Å². The van der Waals surface area contributed by atoms with Crippen molar-refractivity contribution >= 4 is 9.84 Å². The molecular weight excluding hydrogens is 258 g/mol. The van der Waals surface area contributed by atoms with Crippen molar-refractivity contribution in [2.24, 2.45) is 5.73 Å².